The maximum Gasteiger partial charge on any atom is 0.270 e. The summed E-state index contributed by atoms with van der Waals surface area (Å²) in [7, 11) is 0. The van der Waals surface area contributed by atoms with E-state index in [1.807, 2.05) is 47.4 Å². The summed E-state index contributed by atoms with van der Waals surface area (Å²) in [6.45, 7) is 2.24. The molecule has 1 aromatic heterocycles. The molecule has 4 nitrogen and oxygen atoms in total. The fourth-order valence-electron chi connectivity index (χ4n) is 2.69. The molecule has 1 aliphatic heterocycles. The number of rotatable bonds is 3. The SMILES string of the molecule is Cl.NCC1CCN(C(=O)c2ccc(-c3ccccc3)[nH]2)C1. The third kappa shape index (κ3) is 3.28. The van der Waals surface area contributed by atoms with Crippen molar-refractivity contribution in [2.45, 2.75) is 6.42 Å². The van der Waals surface area contributed by atoms with Crippen molar-refractivity contribution in [1.29, 1.82) is 0 Å². The molecule has 1 atom stereocenters. The molecule has 0 radical (unpaired) electrons. The summed E-state index contributed by atoms with van der Waals surface area (Å²) in [5.74, 6) is 0.519. The van der Waals surface area contributed by atoms with E-state index in [1.54, 1.807) is 0 Å². The predicted molar refractivity (Wildman–Crippen MR) is 86.5 cm³/mol. The number of benzene rings is 1. The minimum absolute atomic E-state index is 0. The first-order chi connectivity index (χ1) is 9.78. The van der Waals surface area contributed by atoms with Gasteiger partial charge in [-0.3, -0.25) is 4.79 Å². The third-order valence-electron chi connectivity index (χ3n) is 3.91. The lowest BCUT2D eigenvalue weighted by atomic mass is 10.1. The molecule has 1 amide bonds. The van der Waals surface area contributed by atoms with Crippen molar-refractivity contribution >= 4 is 18.3 Å². The maximum absolute atomic E-state index is 12.4. The second-order valence-corrected chi connectivity index (χ2v) is 5.29. The monoisotopic (exact) mass is 305 g/mol. The van der Waals surface area contributed by atoms with Crippen molar-refractivity contribution in [1.82, 2.24) is 9.88 Å². The topological polar surface area (TPSA) is 62.1 Å². The van der Waals surface area contributed by atoms with E-state index in [1.165, 1.54) is 0 Å². The summed E-state index contributed by atoms with van der Waals surface area (Å²) in [6, 6.07) is 13.8. The number of hydrogen-bond acceptors (Lipinski definition) is 2. The highest BCUT2D eigenvalue weighted by molar-refractivity contribution is 5.93. The van der Waals surface area contributed by atoms with Gasteiger partial charge >= 0.3 is 0 Å². The summed E-state index contributed by atoms with van der Waals surface area (Å²) in [4.78, 5) is 17.5. The summed E-state index contributed by atoms with van der Waals surface area (Å²) >= 11 is 0. The van der Waals surface area contributed by atoms with Gasteiger partial charge in [0, 0.05) is 18.8 Å². The Bertz CT molecular complexity index is 597. The van der Waals surface area contributed by atoms with Crippen LogP contribution in [0.25, 0.3) is 11.3 Å². The molecule has 3 N–H and O–H groups in total. The van der Waals surface area contributed by atoms with Crippen LogP contribution in [-0.2, 0) is 0 Å². The molecule has 1 aliphatic rings. The standard InChI is InChI=1S/C16H19N3O.ClH/c17-10-12-8-9-19(11-12)16(20)15-7-6-14(18-15)13-4-2-1-3-5-13;/h1-7,12,18H,8-11,17H2;1H. The van der Waals surface area contributed by atoms with Crippen LogP contribution < -0.4 is 5.73 Å². The van der Waals surface area contributed by atoms with E-state index in [9.17, 15) is 4.79 Å². The molecule has 1 fully saturated rings. The molecule has 2 aromatic rings. The number of carbonyl (C=O) groups is 1. The van der Waals surface area contributed by atoms with Gasteiger partial charge in [0.2, 0.25) is 0 Å². The zero-order valence-electron chi connectivity index (χ0n) is 11.8. The maximum atomic E-state index is 12.4. The second kappa shape index (κ2) is 6.78. The Balaban J connectivity index is 0.00000161. The molecule has 1 unspecified atom stereocenters. The van der Waals surface area contributed by atoms with Crippen molar-refractivity contribution in [2.75, 3.05) is 19.6 Å². The normalized spacial score (nSPS) is 17.6. The second-order valence-electron chi connectivity index (χ2n) is 5.29. The fraction of sp³-hybridized carbons (Fsp3) is 0.312. The molecule has 1 saturated heterocycles. The van der Waals surface area contributed by atoms with E-state index in [2.05, 4.69) is 4.98 Å². The number of halogens is 1. The fourth-order valence-corrected chi connectivity index (χ4v) is 2.69. The van der Waals surface area contributed by atoms with Crippen LogP contribution in [0.2, 0.25) is 0 Å². The van der Waals surface area contributed by atoms with E-state index < -0.39 is 0 Å². The lowest BCUT2D eigenvalue weighted by molar-refractivity contribution is 0.0782. The van der Waals surface area contributed by atoms with Gasteiger partial charge in [-0.15, -0.1) is 12.4 Å². The van der Waals surface area contributed by atoms with Crippen molar-refractivity contribution < 1.29 is 4.79 Å². The first-order valence-electron chi connectivity index (χ1n) is 7.01. The van der Waals surface area contributed by atoms with Crippen LogP contribution in [0, 0.1) is 5.92 Å². The van der Waals surface area contributed by atoms with Gasteiger partial charge < -0.3 is 15.6 Å². The highest BCUT2D eigenvalue weighted by atomic mass is 35.5. The van der Waals surface area contributed by atoms with Gasteiger partial charge in [-0.1, -0.05) is 30.3 Å². The average Bonchev–Trinajstić information content (AvgIpc) is 3.17. The van der Waals surface area contributed by atoms with Crippen LogP contribution in [0.4, 0.5) is 0 Å². The van der Waals surface area contributed by atoms with Crippen molar-refractivity contribution in [3.05, 3.63) is 48.2 Å². The van der Waals surface area contributed by atoms with E-state index in [4.69, 9.17) is 5.73 Å². The minimum atomic E-state index is 0. The van der Waals surface area contributed by atoms with Crippen molar-refractivity contribution in [2.24, 2.45) is 11.7 Å². The van der Waals surface area contributed by atoms with Crippen LogP contribution in [0.5, 0.6) is 0 Å². The van der Waals surface area contributed by atoms with E-state index >= 15 is 0 Å². The van der Waals surface area contributed by atoms with Crippen molar-refractivity contribution in [3.63, 3.8) is 0 Å². The van der Waals surface area contributed by atoms with Gasteiger partial charge in [0.05, 0.1) is 0 Å². The number of amides is 1. The molecular formula is C16H20ClN3O. The molecule has 0 aliphatic carbocycles. The zero-order valence-corrected chi connectivity index (χ0v) is 12.6. The third-order valence-corrected chi connectivity index (χ3v) is 3.91. The van der Waals surface area contributed by atoms with E-state index in [0.717, 1.165) is 30.8 Å². The number of nitrogens with one attached hydrogen (secondary N) is 1. The van der Waals surface area contributed by atoms with Crippen LogP contribution in [-0.4, -0.2) is 35.4 Å². The Hall–Kier alpha value is -1.78. The number of hydrogen-bond donors (Lipinski definition) is 2. The van der Waals surface area contributed by atoms with Gasteiger partial charge in [-0.2, -0.15) is 0 Å². The van der Waals surface area contributed by atoms with Crippen LogP contribution in [0.3, 0.4) is 0 Å². The summed E-state index contributed by atoms with van der Waals surface area (Å²) in [5, 5.41) is 0. The van der Waals surface area contributed by atoms with Crippen LogP contribution >= 0.6 is 12.4 Å². The molecule has 0 spiro atoms. The largest absolute Gasteiger partial charge is 0.351 e. The van der Waals surface area contributed by atoms with Gasteiger partial charge in [0.25, 0.3) is 5.91 Å². The Morgan fingerprint density at radius 3 is 2.67 bits per heavy atom. The van der Waals surface area contributed by atoms with Gasteiger partial charge in [-0.25, -0.2) is 0 Å². The van der Waals surface area contributed by atoms with Crippen LogP contribution in [0.1, 0.15) is 16.9 Å². The Morgan fingerprint density at radius 1 is 1.24 bits per heavy atom. The molecular weight excluding hydrogens is 286 g/mol. The molecule has 21 heavy (non-hydrogen) atoms. The molecule has 5 heteroatoms. The smallest absolute Gasteiger partial charge is 0.270 e. The molecule has 1 aromatic carbocycles. The lowest BCUT2D eigenvalue weighted by Crippen LogP contribution is -2.30. The Labute approximate surface area is 130 Å². The first-order valence-corrected chi connectivity index (χ1v) is 7.01. The highest BCUT2D eigenvalue weighted by Crippen LogP contribution is 2.21. The zero-order chi connectivity index (χ0) is 13.9. The number of nitrogens with zero attached hydrogens (tertiary/aromatic N) is 1. The predicted octanol–water partition coefficient (Wildman–Crippen LogP) is 2.52. The number of carbonyl (C=O) groups excluding carboxylic acids is 1. The Morgan fingerprint density at radius 2 is 2.00 bits per heavy atom. The van der Waals surface area contributed by atoms with Crippen LogP contribution in [0.15, 0.2) is 42.5 Å². The number of nitrogens with two attached hydrogens (primary N) is 1. The number of H-pyrrole nitrogens is 1. The summed E-state index contributed by atoms with van der Waals surface area (Å²) in [5.41, 5.74) is 8.39. The van der Waals surface area contributed by atoms with E-state index in [0.29, 0.717) is 18.2 Å². The number of aromatic nitrogens is 1. The number of aromatic amines is 1. The molecule has 3 rings (SSSR count). The average molecular weight is 306 g/mol. The van der Waals surface area contributed by atoms with Gasteiger partial charge in [-0.05, 0) is 36.6 Å². The molecule has 2 heterocycles. The lowest BCUT2D eigenvalue weighted by Gasteiger charge is -2.15. The number of likely N-dealkylation sites (tertiary alicyclic amines) is 1. The first kappa shape index (κ1) is 15.6. The summed E-state index contributed by atoms with van der Waals surface area (Å²) in [6.07, 6.45) is 1.01. The molecule has 0 bridgehead atoms. The van der Waals surface area contributed by atoms with Gasteiger partial charge in [0.15, 0.2) is 0 Å². The van der Waals surface area contributed by atoms with Crippen molar-refractivity contribution in [3.8, 4) is 11.3 Å². The summed E-state index contributed by atoms with van der Waals surface area (Å²) < 4.78 is 0. The minimum Gasteiger partial charge on any atom is -0.351 e. The highest BCUT2D eigenvalue weighted by Gasteiger charge is 2.26. The van der Waals surface area contributed by atoms with Gasteiger partial charge in [0.1, 0.15) is 5.69 Å². The molecule has 0 saturated carbocycles. The quantitative estimate of drug-likeness (QED) is 0.915. The molecule has 112 valence electrons. The van der Waals surface area contributed by atoms with E-state index in [-0.39, 0.29) is 18.3 Å². The Kier molecular flexibility index (Phi) is 5.04.